The van der Waals surface area contributed by atoms with E-state index in [-0.39, 0.29) is 11.7 Å². The van der Waals surface area contributed by atoms with Crippen LogP contribution in [-0.2, 0) is 5.75 Å². The SMILES string of the molecule is CC(C)c1ccc(SNc2ccc(SCc3ccc(F)cc3)nc2)cc1C(=O)O. The van der Waals surface area contributed by atoms with E-state index < -0.39 is 5.97 Å². The van der Waals surface area contributed by atoms with E-state index in [1.54, 1.807) is 36.2 Å². The smallest absolute Gasteiger partial charge is 0.336 e. The van der Waals surface area contributed by atoms with Gasteiger partial charge < -0.3 is 9.83 Å². The number of halogens is 1. The molecule has 0 amide bonds. The predicted molar refractivity (Wildman–Crippen MR) is 117 cm³/mol. The second-order valence-corrected chi connectivity index (χ2v) is 8.59. The molecule has 4 nitrogen and oxygen atoms in total. The van der Waals surface area contributed by atoms with Crippen LogP contribution in [0.25, 0.3) is 0 Å². The number of rotatable bonds is 8. The lowest BCUT2D eigenvalue weighted by atomic mass is 9.97. The molecule has 0 radical (unpaired) electrons. The molecule has 0 unspecified atom stereocenters. The van der Waals surface area contributed by atoms with Crippen molar-refractivity contribution in [2.45, 2.75) is 35.4 Å². The standard InChI is InChI=1S/C22H21FN2O2S2/c1-14(2)19-9-8-18(11-20(19)22(26)27)29-25-17-7-10-21(24-12-17)28-13-15-3-5-16(23)6-4-15/h3-12,14,25H,13H2,1-2H3,(H,26,27). The lowest BCUT2D eigenvalue weighted by molar-refractivity contribution is 0.0695. The van der Waals surface area contributed by atoms with Crippen LogP contribution in [0.4, 0.5) is 10.1 Å². The van der Waals surface area contributed by atoms with Crippen molar-refractivity contribution in [1.82, 2.24) is 4.98 Å². The van der Waals surface area contributed by atoms with Crippen LogP contribution in [0.2, 0.25) is 0 Å². The Labute approximate surface area is 178 Å². The van der Waals surface area contributed by atoms with Crippen LogP contribution in [0.3, 0.4) is 0 Å². The molecule has 0 aliphatic heterocycles. The highest BCUT2D eigenvalue weighted by atomic mass is 32.2. The van der Waals surface area contributed by atoms with Crippen molar-refractivity contribution in [3.05, 3.63) is 83.3 Å². The minimum Gasteiger partial charge on any atom is -0.478 e. The third-order valence-corrected chi connectivity index (χ3v) is 6.04. The lowest BCUT2D eigenvalue weighted by Gasteiger charge is -2.12. The Bertz CT molecular complexity index is 977. The summed E-state index contributed by atoms with van der Waals surface area (Å²) in [6.07, 6.45) is 1.74. The largest absolute Gasteiger partial charge is 0.478 e. The number of aromatic nitrogens is 1. The van der Waals surface area contributed by atoms with E-state index in [0.717, 1.165) is 32.5 Å². The summed E-state index contributed by atoms with van der Waals surface area (Å²) in [4.78, 5) is 16.8. The molecule has 0 aliphatic rings. The van der Waals surface area contributed by atoms with Gasteiger partial charge in [-0.15, -0.1) is 11.8 Å². The average Bonchev–Trinajstić information content (AvgIpc) is 2.72. The van der Waals surface area contributed by atoms with Crippen molar-refractivity contribution >= 4 is 35.4 Å². The third-order valence-electron chi connectivity index (χ3n) is 4.20. The number of pyridine rings is 1. The van der Waals surface area contributed by atoms with Crippen molar-refractivity contribution in [3.63, 3.8) is 0 Å². The number of benzene rings is 2. The molecule has 0 bridgehead atoms. The van der Waals surface area contributed by atoms with E-state index in [2.05, 4.69) is 9.71 Å². The summed E-state index contributed by atoms with van der Waals surface area (Å²) in [5.74, 6) is -0.286. The summed E-state index contributed by atoms with van der Waals surface area (Å²) in [5.41, 5.74) is 3.02. The second kappa shape index (κ2) is 9.80. The summed E-state index contributed by atoms with van der Waals surface area (Å²) in [6.45, 7) is 3.96. The van der Waals surface area contributed by atoms with Gasteiger partial charge >= 0.3 is 5.97 Å². The highest BCUT2D eigenvalue weighted by Gasteiger charge is 2.14. The van der Waals surface area contributed by atoms with Crippen molar-refractivity contribution in [3.8, 4) is 0 Å². The molecule has 29 heavy (non-hydrogen) atoms. The number of nitrogens with one attached hydrogen (secondary N) is 1. The number of carboxylic acids is 1. The van der Waals surface area contributed by atoms with Gasteiger partial charge in [-0.2, -0.15) is 0 Å². The van der Waals surface area contributed by atoms with Gasteiger partial charge in [-0.25, -0.2) is 14.2 Å². The van der Waals surface area contributed by atoms with E-state index in [4.69, 9.17) is 0 Å². The van der Waals surface area contributed by atoms with Crippen LogP contribution in [0.1, 0.15) is 41.3 Å². The zero-order valence-corrected chi connectivity index (χ0v) is 17.7. The van der Waals surface area contributed by atoms with Crippen LogP contribution in [0.5, 0.6) is 0 Å². The molecule has 2 N–H and O–H groups in total. The van der Waals surface area contributed by atoms with Gasteiger partial charge in [-0.3, -0.25) is 0 Å². The van der Waals surface area contributed by atoms with Crippen LogP contribution in [-0.4, -0.2) is 16.1 Å². The van der Waals surface area contributed by atoms with Gasteiger partial charge in [-0.05, 0) is 65.4 Å². The van der Waals surface area contributed by atoms with E-state index >= 15 is 0 Å². The van der Waals surface area contributed by atoms with Gasteiger partial charge in [0, 0.05) is 10.6 Å². The number of carbonyl (C=O) groups is 1. The Morgan fingerprint density at radius 2 is 1.90 bits per heavy atom. The van der Waals surface area contributed by atoms with Crippen molar-refractivity contribution in [2.75, 3.05) is 4.72 Å². The molecule has 0 spiro atoms. The quantitative estimate of drug-likeness (QED) is 0.317. The van der Waals surface area contributed by atoms with Crippen LogP contribution in [0, 0.1) is 5.82 Å². The normalized spacial score (nSPS) is 10.9. The van der Waals surface area contributed by atoms with Gasteiger partial charge in [0.05, 0.1) is 22.5 Å². The molecule has 1 aromatic heterocycles. The second-order valence-electron chi connectivity index (χ2n) is 6.71. The summed E-state index contributed by atoms with van der Waals surface area (Å²) < 4.78 is 16.1. The molecule has 0 saturated carbocycles. The summed E-state index contributed by atoms with van der Waals surface area (Å²) in [6, 6.07) is 15.8. The predicted octanol–water partition coefficient (Wildman–Crippen LogP) is 6.45. The summed E-state index contributed by atoms with van der Waals surface area (Å²) in [5, 5.41) is 10.3. The zero-order valence-electron chi connectivity index (χ0n) is 16.1. The fourth-order valence-corrected chi connectivity index (χ4v) is 4.14. The summed E-state index contributed by atoms with van der Waals surface area (Å²) >= 11 is 2.93. The highest BCUT2D eigenvalue weighted by molar-refractivity contribution is 8.00. The Morgan fingerprint density at radius 1 is 1.14 bits per heavy atom. The number of thioether (sulfide) groups is 1. The van der Waals surface area contributed by atoms with E-state index in [1.807, 2.05) is 38.1 Å². The zero-order chi connectivity index (χ0) is 20.8. The lowest BCUT2D eigenvalue weighted by Crippen LogP contribution is -2.04. The first-order chi connectivity index (χ1) is 13.9. The Kier molecular flexibility index (Phi) is 7.17. The van der Waals surface area contributed by atoms with E-state index in [0.29, 0.717) is 5.56 Å². The van der Waals surface area contributed by atoms with Gasteiger partial charge in [-0.1, -0.05) is 32.0 Å². The Morgan fingerprint density at radius 3 is 2.52 bits per heavy atom. The molecule has 3 aromatic rings. The van der Waals surface area contributed by atoms with E-state index in [1.165, 1.54) is 24.1 Å². The number of hydrogen-bond acceptors (Lipinski definition) is 5. The van der Waals surface area contributed by atoms with Gasteiger partial charge in [0.2, 0.25) is 0 Å². The molecule has 0 fully saturated rings. The van der Waals surface area contributed by atoms with Gasteiger partial charge in [0.1, 0.15) is 5.82 Å². The number of carboxylic acid groups (broad SMARTS) is 1. The maximum atomic E-state index is 12.9. The highest BCUT2D eigenvalue weighted by Crippen LogP contribution is 2.28. The third kappa shape index (κ3) is 5.98. The van der Waals surface area contributed by atoms with Crippen molar-refractivity contribution in [2.24, 2.45) is 0 Å². The van der Waals surface area contributed by atoms with Gasteiger partial charge in [0.25, 0.3) is 0 Å². The topological polar surface area (TPSA) is 62.2 Å². The maximum Gasteiger partial charge on any atom is 0.336 e. The average molecular weight is 429 g/mol. The molecule has 0 saturated heterocycles. The van der Waals surface area contributed by atoms with Crippen molar-refractivity contribution in [1.29, 1.82) is 0 Å². The molecule has 0 atom stereocenters. The Hall–Kier alpha value is -2.51. The van der Waals surface area contributed by atoms with Crippen LogP contribution < -0.4 is 4.72 Å². The number of hydrogen-bond donors (Lipinski definition) is 2. The molecule has 1 heterocycles. The Balaban J connectivity index is 1.58. The molecule has 2 aromatic carbocycles. The summed E-state index contributed by atoms with van der Waals surface area (Å²) in [7, 11) is 0. The minimum absolute atomic E-state index is 0.150. The molecule has 0 aliphatic carbocycles. The molecule has 7 heteroatoms. The fourth-order valence-electron chi connectivity index (χ4n) is 2.67. The number of nitrogens with zero attached hydrogens (tertiary/aromatic N) is 1. The first kappa shape index (κ1) is 21.2. The molecule has 150 valence electrons. The number of anilines is 1. The number of aromatic carboxylic acids is 1. The molecular formula is C22H21FN2O2S2. The maximum absolute atomic E-state index is 12.9. The van der Waals surface area contributed by atoms with Gasteiger partial charge in [0.15, 0.2) is 0 Å². The van der Waals surface area contributed by atoms with Crippen LogP contribution >= 0.6 is 23.7 Å². The first-order valence-corrected chi connectivity index (χ1v) is 10.9. The van der Waals surface area contributed by atoms with E-state index in [9.17, 15) is 14.3 Å². The fraction of sp³-hybridized carbons (Fsp3) is 0.182. The first-order valence-electron chi connectivity index (χ1n) is 9.06. The monoisotopic (exact) mass is 428 g/mol. The molecule has 3 rings (SSSR count). The minimum atomic E-state index is -0.916. The van der Waals surface area contributed by atoms with Crippen LogP contribution in [0.15, 0.2) is 70.7 Å². The molecular weight excluding hydrogens is 407 g/mol. The van der Waals surface area contributed by atoms with Crippen molar-refractivity contribution < 1.29 is 14.3 Å².